The maximum Gasteiger partial charge on any atom is 0.408 e. The largest absolute Gasteiger partial charge is 0.480 e. The second kappa shape index (κ2) is 6.42. The molecule has 8 heteroatoms. The second-order valence-electron chi connectivity index (χ2n) is 5.34. The number of nitrogens with zero attached hydrogens (tertiary/aromatic N) is 2. The van der Waals surface area contributed by atoms with Crippen molar-refractivity contribution >= 4 is 34.7 Å². The van der Waals surface area contributed by atoms with Crippen molar-refractivity contribution in [1.29, 1.82) is 0 Å². The van der Waals surface area contributed by atoms with Crippen molar-refractivity contribution in [3.63, 3.8) is 0 Å². The van der Waals surface area contributed by atoms with Crippen LogP contribution in [0.1, 0.15) is 33.7 Å². The van der Waals surface area contributed by atoms with Crippen LogP contribution in [0, 0.1) is 3.57 Å². The lowest BCUT2D eigenvalue weighted by Gasteiger charge is -2.25. The summed E-state index contributed by atoms with van der Waals surface area (Å²) in [5.41, 5.74) is -0.683. The van der Waals surface area contributed by atoms with Crippen molar-refractivity contribution in [3.05, 3.63) is 16.0 Å². The summed E-state index contributed by atoms with van der Waals surface area (Å²) in [7, 11) is 0. The number of carboxylic acid groups (broad SMARTS) is 1. The molecule has 2 N–H and O–H groups in total. The van der Waals surface area contributed by atoms with Gasteiger partial charge >= 0.3 is 12.1 Å². The van der Waals surface area contributed by atoms with Gasteiger partial charge in [-0.15, -0.1) is 0 Å². The minimum atomic E-state index is -1.14. The number of hydrogen-bond acceptors (Lipinski definition) is 4. The highest BCUT2D eigenvalue weighted by atomic mass is 127. The molecule has 0 bridgehead atoms. The maximum absolute atomic E-state index is 11.7. The number of hydrogen-bond donors (Lipinski definition) is 2. The van der Waals surface area contributed by atoms with Crippen LogP contribution < -0.4 is 5.32 Å². The third-order valence-electron chi connectivity index (χ3n) is 2.41. The average molecular weight is 395 g/mol. The van der Waals surface area contributed by atoms with Gasteiger partial charge in [0, 0.05) is 6.20 Å². The number of ether oxygens (including phenoxy) is 1. The highest BCUT2D eigenvalue weighted by Gasteiger charge is 2.30. The van der Waals surface area contributed by atoms with E-state index in [1.807, 2.05) is 0 Å². The normalized spacial score (nSPS) is 14.4. The fraction of sp³-hybridized carbons (Fsp3) is 0.583. The summed E-state index contributed by atoms with van der Waals surface area (Å²) in [5.74, 6) is -1.14. The minimum absolute atomic E-state index is 0.538. The lowest BCUT2D eigenvalue weighted by Crippen LogP contribution is -2.47. The average Bonchev–Trinajstić information content (AvgIpc) is 2.69. The van der Waals surface area contributed by atoms with Crippen LogP contribution >= 0.6 is 22.6 Å². The number of halogens is 1. The molecule has 0 aliphatic carbocycles. The number of aliphatic carboxylic acids is 1. The standard InChI is InChI=1S/C12H18IN3O4/c1-7(16-6-8(13)5-14-16)9(10(17)18)15-11(19)20-12(2,3)4/h5-7,9H,1-4H3,(H,15,19)(H,17,18). The van der Waals surface area contributed by atoms with Crippen molar-refractivity contribution < 1.29 is 19.4 Å². The summed E-state index contributed by atoms with van der Waals surface area (Å²) in [6, 6.07) is -1.66. The van der Waals surface area contributed by atoms with E-state index in [9.17, 15) is 14.7 Å². The maximum atomic E-state index is 11.7. The molecule has 0 saturated carbocycles. The Hall–Kier alpha value is -1.32. The van der Waals surface area contributed by atoms with Gasteiger partial charge in [-0.25, -0.2) is 9.59 Å². The van der Waals surface area contributed by atoms with Crippen molar-refractivity contribution in [2.45, 2.75) is 45.4 Å². The van der Waals surface area contributed by atoms with Crippen molar-refractivity contribution in [2.75, 3.05) is 0 Å². The van der Waals surface area contributed by atoms with Gasteiger partial charge in [0.05, 0.1) is 15.8 Å². The quantitative estimate of drug-likeness (QED) is 0.762. The summed E-state index contributed by atoms with van der Waals surface area (Å²) in [6.45, 7) is 6.80. The van der Waals surface area contributed by atoms with Gasteiger partial charge < -0.3 is 15.2 Å². The monoisotopic (exact) mass is 395 g/mol. The zero-order valence-corrected chi connectivity index (χ0v) is 13.9. The van der Waals surface area contributed by atoms with Gasteiger partial charge in [0.1, 0.15) is 5.60 Å². The Kier molecular flexibility index (Phi) is 5.37. The summed E-state index contributed by atoms with van der Waals surface area (Å²) in [5, 5.41) is 15.7. The lowest BCUT2D eigenvalue weighted by atomic mass is 10.1. The minimum Gasteiger partial charge on any atom is -0.480 e. The Morgan fingerprint density at radius 1 is 1.50 bits per heavy atom. The molecule has 0 saturated heterocycles. The molecule has 7 nitrogen and oxygen atoms in total. The van der Waals surface area contributed by atoms with Crippen LogP contribution in [0.15, 0.2) is 12.4 Å². The molecular formula is C12H18IN3O4. The van der Waals surface area contributed by atoms with Crippen molar-refractivity contribution in [2.24, 2.45) is 0 Å². The van der Waals surface area contributed by atoms with E-state index >= 15 is 0 Å². The summed E-state index contributed by atoms with van der Waals surface area (Å²) in [4.78, 5) is 23.0. The van der Waals surface area contributed by atoms with Gasteiger partial charge in [-0.1, -0.05) is 0 Å². The highest BCUT2D eigenvalue weighted by molar-refractivity contribution is 14.1. The number of amides is 1. The highest BCUT2D eigenvalue weighted by Crippen LogP contribution is 2.14. The number of alkyl carbamates (subject to hydrolysis) is 1. The third-order valence-corrected chi connectivity index (χ3v) is 2.97. The number of carbonyl (C=O) groups is 2. The molecule has 2 unspecified atom stereocenters. The van der Waals surface area contributed by atoms with E-state index < -0.39 is 29.7 Å². The Balaban J connectivity index is 2.79. The molecular weight excluding hydrogens is 377 g/mol. The number of carbonyl (C=O) groups excluding carboxylic acids is 1. The fourth-order valence-electron chi connectivity index (χ4n) is 1.51. The van der Waals surface area contributed by atoms with Gasteiger partial charge in [0.15, 0.2) is 6.04 Å². The first-order chi connectivity index (χ1) is 9.10. The molecule has 20 heavy (non-hydrogen) atoms. The van der Waals surface area contributed by atoms with E-state index in [0.717, 1.165) is 3.57 Å². The Bertz CT molecular complexity index is 495. The van der Waals surface area contributed by atoms with Crippen molar-refractivity contribution in [3.8, 4) is 0 Å². The van der Waals surface area contributed by atoms with Crippen LogP contribution in [-0.2, 0) is 9.53 Å². The van der Waals surface area contributed by atoms with Crippen molar-refractivity contribution in [1.82, 2.24) is 15.1 Å². The summed E-state index contributed by atoms with van der Waals surface area (Å²) < 4.78 is 7.45. The first kappa shape index (κ1) is 16.7. The van der Waals surface area contributed by atoms with Gasteiger partial charge in [0.25, 0.3) is 0 Å². The van der Waals surface area contributed by atoms with Gasteiger partial charge in [-0.05, 0) is 50.3 Å². The molecule has 0 radical (unpaired) electrons. The molecule has 1 aromatic rings. The molecule has 1 heterocycles. The summed E-state index contributed by atoms with van der Waals surface area (Å²) in [6.07, 6.45) is 2.56. The van der Waals surface area contributed by atoms with Crippen LogP contribution in [0.2, 0.25) is 0 Å². The number of aromatic nitrogens is 2. The van der Waals surface area contributed by atoms with Crippen LogP contribution in [0.25, 0.3) is 0 Å². The predicted molar refractivity (Wildman–Crippen MR) is 80.4 cm³/mol. The van der Waals surface area contributed by atoms with Gasteiger partial charge in [-0.3, -0.25) is 4.68 Å². The van der Waals surface area contributed by atoms with E-state index in [2.05, 4.69) is 33.0 Å². The molecule has 0 aromatic carbocycles. The molecule has 0 aliphatic heterocycles. The van der Waals surface area contributed by atoms with Gasteiger partial charge in [-0.2, -0.15) is 5.10 Å². The lowest BCUT2D eigenvalue weighted by molar-refractivity contribution is -0.140. The van der Waals surface area contributed by atoms with Crippen LogP contribution in [0.4, 0.5) is 4.79 Å². The second-order valence-corrected chi connectivity index (χ2v) is 6.59. The Labute approximate surface area is 130 Å². The van der Waals surface area contributed by atoms with E-state index in [4.69, 9.17) is 4.74 Å². The van der Waals surface area contributed by atoms with Crippen LogP contribution in [-0.4, -0.2) is 38.6 Å². The SMILES string of the molecule is CC(C(NC(=O)OC(C)(C)C)C(=O)O)n1cc(I)cn1. The van der Waals surface area contributed by atoms with Gasteiger partial charge in [0.2, 0.25) is 0 Å². The zero-order valence-electron chi connectivity index (χ0n) is 11.8. The Morgan fingerprint density at radius 3 is 2.50 bits per heavy atom. The van der Waals surface area contributed by atoms with Crippen LogP contribution in [0.5, 0.6) is 0 Å². The zero-order chi connectivity index (χ0) is 15.5. The fourth-order valence-corrected chi connectivity index (χ4v) is 1.92. The Morgan fingerprint density at radius 2 is 2.10 bits per heavy atom. The van der Waals surface area contributed by atoms with E-state index in [-0.39, 0.29) is 0 Å². The molecule has 1 aromatic heterocycles. The topological polar surface area (TPSA) is 93.5 Å². The number of nitrogens with one attached hydrogen (secondary N) is 1. The molecule has 0 spiro atoms. The van der Waals surface area contributed by atoms with E-state index in [0.29, 0.717) is 0 Å². The molecule has 1 amide bonds. The number of carboxylic acids is 1. The first-order valence-electron chi connectivity index (χ1n) is 6.02. The van der Waals surface area contributed by atoms with Crippen LogP contribution in [0.3, 0.4) is 0 Å². The summed E-state index contributed by atoms with van der Waals surface area (Å²) >= 11 is 2.08. The molecule has 1 rings (SSSR count). The van der Waals surface area contributed by atoms with E-state index in [1.165, 1.54) is 4.68 Å². The predicted octanol–water partition coefficient (Wildman–Crippen LogP) is 2.03. The molecule has 0 aliphatic rings. The van der Waals surface area contributed by atoms with E-state index in [1.54, 1.807) is 40.1 Å². The first-order valence-corrected chi connectivity index (χ1v) is 7.10. The molecule has 0 fully saturated rings. The molecule has 2 atom stereocenters. The number of rotatable bonds is 4. The smallest absolute Gasteiger partial charge is 0.408 e. The third kappa shape index (κ3) is 4.99. The molecule has 112 valence electrons.